The highest BCUT2D eigenvalue weighted by atomic mass is 16.2. The number of anilines is 4. The van der Waals surface area contributed by atoms with E-state index < -0.39 is 0 Å². The molecule has 0 unspecified atom stereocenters. The molecule has 2 aromatic carbocycles. The zero-order valence-corrected chi connectivity index (χ0v) is 20.4. The van der Waals surface area contributed by atoms with Crippen LogP contribution in [0.2, 0.25) is 0 Å². The van der Waals surface area contributed by atoms with Crippen molar-refractivity contribution in [2.24, 2.45) is 0 Å². The number of nitrogens with zero attached hydrogens (tertiary/aromatic N) is 4. The van der Waals surface area contributed by atoms with Crippen LogP contribution in [-0.4, -0.2) is 66.6 Å². The van der Waals surface area contributed by atoms with Gasteiger partial charge in [-0.1, -0.05) is 12.1 Å². The second-order valence-electron chi connectivity index (χ2n) is 9.51. The zero-order chi connectivity index (χ0) is 24.2. The van der Waals surface area contributed by atoms with E-state index in [0.717, 1.165) is 55.1 Å². The van der Waals surface area contributed by atoms with Crippen molar-refractivity contribution in [3.8, 4) is 11.3 Å². The molecule has 8 nitrogen and oxygen atoms in total. The van der Waals surface area contributed by atoms with Gasteiger partial charge >= 0.3 is 0 Å². The molecule has 2 fully saturated rings. The van der Waals surface area contributed by atoms with Crippen molar-refractivity contribution in [2.75, 3.05) is 49.3 Å². The van der Waals surface area contributed by atoms with Crippen molar-refractivity contribution in [2.45, 2.75) is 31.3 Å². The predicted molar refractivity (Wildman–Crippen MR) is 141 cm³/mol. The van der Waals surface area contributed by atoms with Crippen LogP contribution in [0.15, 0.2) is 60.8 Å². The third-order valence-corrected chi connectivity index (χ3v) is 6.86. The fraction of sp³-hybridized carbons (Fsp3) is 0.370. The van der Waals surface area contributed by atoms with E-state index >= 15 is 0 Å². The lowest BCUT2D eigenvalue weighted by molar-refractivity contribution is -0.117. The van der Waals surface area contributed by atoms with Gasteiger partial charge in [-0.05, 0) is 82.4 Å². The number of rotatable bonds is 7. The zero-order valence-electron chi connectivity index (χ0n) is 20.4. The number of hydrogen-bond acceptors (Lipinski definition) is 7. The van der Waals surface area contributed by atoms with Gasteiger partial charge in [-0.3, -0.25) is 4.79 Å². The number of carbonyl (C=O) groups excluding carboxylic acids is 1. The number of benzene rings is 2. The number of amides is 1. The Morgan fingerprint density at radius 3 is 2.49 bits per heavy atom. The van der Waals surface area contributed by atoms with E-state index in [9.17, 15) is 4.79 Å². The first kappa shape index (κ1) is 23.3. The van der Waals surface area contributed by atoms with Gasteiger partial charge in [0.25, 0.3) is 0 Å². The Bertz CT molecular complexity index is 1140. The molecule has 2 aliphatic rings. The van der Waals surface area contributed by atoms with E-state index in [4.69, 9.17) is 0 Å². The van der Waals surface area contributed by atoms with E-state index in [-0.39, 0.29) is 11.9 Å². The van der Waals surface area contributed by atoms with Gasteiger partial charge in [-0.2, -0.15) is 0 Å². The van der Waals surface area contributed by atoms with Gasteiger partial charge in [0.1, 0.15) is 0 Å². The van der Waals surface area contributed by atoms with Gasteiger partial charge in [0, 0.05) is 48.0 Å². The minimum Gasteiger partial charge on any atom is -0.370 e. The molecule has 2 saturated heterocycles. The summed E-state index contributed by atoms with van der Waals surface area (Å²) in [5.74, 6) is 0.575. The maximum atomic E-state index is 12.3. The summed E-state index contributed by atoms with van der Waals surface area (Å²) in [5.41, 5.74) is 4.77. The molecule has 0 aliphatic carbocycles. The smallest absolute Gasteiger partial charge is 0.241 e. The SMILES string of the molecule is CN(C)[C@H]1CCN(c2ccc(Nc3nccc(-c4ccc(NC(=O)[C@H]5CCCN5)cc4)n3)cc2)C1. The first-order chi connectivity index (χ1) is 17.0. The molecule has 182 valence electrons. The summed E-state index contributed by atoms with van der Waals surface area (Å²) in [7, 11) is 4.30. The maximum absolute atomic E-state index is 12.3. The predicted octanol–water partition coefficient (Wildman–Crippen LogP) is 3.72. The molecule has 8 heteroatoms. The Morgan fingerprint density at radius 1 is 1.03 bits per heavy atom. The Kier molecular flexibility index (Phi) is 6.92. The summed E-state index contributed by atoms with van der Waals surface area (Å²) >= 11 is 0. The first-order valence-corrected chi connectivity index (χ1v) is 12.3. The molecule has 0 saturated carbocycles. The largest absolute Gasteiger partial charge is 0.370 e. The van der Waals surface area contributed by atoms with Crippen LogP contribution in [0.1, 0.15) is 19.3 Å². The number of hydrogen-bond donors (Lipinski definition) is 3. The van der Waals surface area contributed by atoms with Crippen molar-refractivity contribution in [1.82, 2.24) is 20.2 Å². The maximum Gasteiger partial charge on any atom is 0.241 e. The number of carbonyl (C=O) groups is 1. The van der Waals surface area contributed by atoms with Crippen molar-refractivity contribution in [1.29, 1.82) is 0 Å². The highest BCUT2D eigenvalue weighted by Crippen LogP contribution is 2.26. The van der Waals surface area contributed by atoms with Crippen LogP contribution in [0, 0.1) is 0 Å². The van der Waals surface area contributed by atoms with Crippen molar-refractivity contribution < 1.29 is 4.79 Å². The normalized spacial score (nSPS) is 19.8. The summed E-state index contributed by atoms with van der Waals surface area (Å²) in [4.78, 5) is 26.1. The average Bonchev–Trinajstić information content (AvgIpc) is 3.58. The Morgan fingerprint density at radius 2 is 1.80 bits per heavy atom. The summed E-state index contributed by atoms with van der Waals surface area (Å²) in [6.07, 6.45) is 4.88. The van der Waals surface area contributed by atoms with Crippen LogP contribution in [-0.2, 0) is 4.79 Å². The molecule has 0 bridgehead atoms. The highest BCUT2D eigenvalue weighted by molar-refractivity contribution is 5.95. The van der Waals surface area contributed by atoms with Crippen molar-refractivity contribution in [3.05, 3.63) is 60.8 Å². The topological polar surface area (TPSA) is 85.4 Å². The van der Waals surface area contributed by atoms with E-state index in [1.54, 1.807) is 6.20 Å². The van der Waals surface area contributed by atoms with Gasteiger partial charge in [0.15, 0.2) is 0 Å². The summed E-state index contributed by atoms with van der Waals surface area (Å²) < 4.78 is 0. The fourth-order valence-electron chi connectivity index (χ4n) is 4.72. The Hall–Kier alpha value is -3.49. The molecule has 3 heterocycles. The second-order valence-corrected chi connectivity index (χ2v) is 9.51. The lowest BCUT2D eigenvalue weighted by Crippen LogP contribution is -2.35. The summed E-state index contributed by atoms with van der Waals surface area (Å²) in [6.45, 7) is 3.05. The molecule has 1 aromatic heterocycles. The summed E-state index contributed by atoms with van der Waals surface area (Å²) in [6, 6.07) is 18.6. The molecule has 2 atom stereocenters. The van der Waals surface area contributed by atoms with Crippen LogP contribution in [0.5, 0.6) is 0 Å². The van der Waals surface area contributed by atoms with Gasteiger partial charge in [0.05, 0.1) is 11.7 Å². The van der Waals surface area contributed by atoms with E-state index in [1.807, 2.05) is 30.3 Å². The number of likely N-dealkylation sites (N-methyl/N-ethyl adjacent to an activating group) is 1. The van der Waals surface area contributed by atoms with Gasteiger partial charge in [-0.25, -0.2) is 9.97 Å². The van der Waals surface area contributed by atoms with E-state index in [2.05, 4.69) is 74.1 Å². The lowest BCUT2D eigenvalue weighted by atomic mass is 10.1. The second kappa shape index (κ2) is 10.4. The Balaban J connectivity index is 1.21. The van der Waals surface area contributed by atoms with Gasteiger partial charge in [0.2, 0.25) is 11.9 Å². The highest BCUT2D eigenvalue weighted by Gasteiger charge is 2.24. The van der Waals surface area contributed by atoms with E-state index in [1.165, 1.54) is 12.1 Å². The minimum absolute atomic E-state index is 0.0250. The Labute approximate surface area is 206 Å². The van der Waals surface area contributed by atoms with Crippen LogP contribution in [0.25, 0.3) is 11.3 Å². The third-order valence-electron chi connectivity index (χ3n) is 6.86. The first-order valence-electron chi connectivity index (χ1n) is 12.3. The molecule has 3 aromatic rings. The number of nitrogens with one attached hydrogen (secondary N) is 3. The minimum atomic E-state index is -0.0930. The standard InChI is InChI=1S/C27H33N7O/c1-33(2)23-14-17-34(18-23)22-11-9-21(10-12-22)31-27-29-16-13-24(32-27)19-5-7-20(8-6-19)30-26(35)25-4-3-15-28-25/h5-13,16,23,25,28H,3-4,14-15,17-18H2,1-2H3,(H,30,35)(H,29,31,32)/t23-,25+/m0/s1. The van der Waals surface area contributed by atoms with Crippen LogP contribution in [0.4, 0.5) is 23.0 Å². The number of aromatic nitrogens is 2. The molecule has 5 rings (SSSR count). The van der Waals surface area contributed by atoms with Crippen LogP contribution in [0.3, 0.4) is 0 Å². The monoisotopic (exact) mass is 471 g/mol. The lowest BCUT2D eigenvalue weighted by Gasteiger charge is -2.22. The van der Waals surface area contributed by atoms with Crippen molar-refractivity contribution in [3.63, 3.8) is 0 Å². The molecule has 0 radical (unpaired) electrons. The van der Waals surface area contributed by atoms with E-state index in [0.29, 0.717) is 12.0 Å². The van der Waals surface area contributed by atoms with Crippen LogP contribution < -0.4 is 20.9 Å². The summed E-state index contributed by atoms with van der Waals surface area (Å²) in [5, 5.41) is 9.52. The average molecular weight is 472 g/mol. The molecule has 35 heavy (non-hydrogen) atoms. The van der Waals surface area contributed by atoms with Crippen LogP contribution >= 0.6 is 0 Å². The molecule has 1 amide bonds. The molecule has 2 aliphatic heterocycles. The van der Waals surface area contributed by atoms with Gasteiger partial charge in [-0.15, -0.1) is 0 Å². The molecular weight excluding hydrogens is 438 g/mol. The molecular formula is C27H33N7O. The third kappa shape index (κ3) is 5.61. The van der Waals surface area contributed by atoms with Gasteiger partial charge < -0.3 is 25.8 Å². The quantitative estimate of drug-likeness (QED) is 0.484. The fourth-order valence-corrected chi connectivity index (χ4v) is 4.72. The molecule has 3 N–H and O–H groups in total. The molecule has 0 spiro atoms. The van der Waals surface area contributed by atoms with Crippen molar-refractivity contribution >= 4 is 28.9 Å².